The van der Waals surface area contributed by atoms with Crippen molar-refractivity contribution in [3.8, 4) is 0 Å². The van der Waals surface area contributed by atoms with E-state index in [1.807, 2.05) is 12.1 Å². The largest absolute Gasteiger partial charge is 0.350 e. The Balaban J connectivity index is 1.47. The van der Waals surface area contributed by atoms with Crippen molar-refractivity contribution < 1.29 is 13.2 Å². The molecule has 3 aromatic rings. The van der Waals surface area contributed by atoms with Gasteiger partial charge < -0.3 is 5.32 Å². The minimum absolute atomic E-state index is 0.195. The SMILES string of the molecule is CS(=O)(=O)N1CCC[C@@H](C(=O)Nc2cccc(Cn3nc4ccccn4c3=O)c2)C1. The van der Waals surface area contributed by atoms with E-state index in [1.165, 1.54) is 13.4 Å². The first-order valence-electron chi connectivity index (χ1n) is 9.70. The lowest BCUT2D eigenvalue weighted by atomic mass is 9.98. The molecule has 1 fully saturated rings. The second-order valence-electron chi connectivity index (χ2n) is 7.52. The number of pyridine rings is 1. The highest BCUT2D eigenvalue weighted by Gasteiger charge is 2.30. The second-order valence-corrected chi connectivity index (χ2v) is 9.50. The van der Waals surface area contributed by atoms with Crippen molar-refractivity contribution in [3.05, 3.63) is 64.7 Å². The molecule has 158 valence electrons. The molecular formula is C20H23N5O4S. The van der Waals surface area contributed by atoms with Gasteiger partial charge >= 0.3 is 5.69 Å². The van der Waals surface area contributed by atoms with E-state index in [1.54, 1.807) is 36.5 Å². The number of amides is 1. The van der Waals surface area contributed by atoms with E-state index < -0.39 is 15.9 Å². The molecule has 30 heavy (non-hydrogen) atoms. The molecule has 0 radical (unpaired) electrons. The van der Waals surface area contributed by atoms with E-state index in [-0.39, 0.29) is 24.7 Å². The number of carbonyl (C=O) groups is 1. The van der Waals surface area contributed by atoms with Crippen LogP contribution in [0.15, 0.2) is 53.5 Å². The van der Waals surface area contributed by atoms with Gasteiger partial charge in [0, 0.05) is 25.0 Å². The van der Waals surface area contributed by atoms with Gasteiger partial charge in [0.05, 0.1) is 18.7 Å². The summed E-state index contributed by atoms with van der Waals surface area (Å²) in [6.45, 7) is 0.919. The number of nitrogens with zero attached hydrogens (tertiary/aromatic N) is 4. The average molecular weight is 430 g/mol. The van der Waals surface area contributed by atoms with Gasteiger partial charge in [-0.15, -0.1) is 5.10 Å². The molecule has 0 saturated carbocycles. The summed E-state index contributed by atoms with van der Waals surface area (Å²) in [5, 5.41) is 7.20. The molecule has 1 N–H and O–H groups in total. The summed E-state index contributed by atoms with van der Waals surface area (Å²) < 4.78 is 27.8. The summed E-state index contributed by atoms with van der Waals surface area (Å²) in [5.41, 5.74) is 1.76. The van der Waals surface area contributed by atoms with E-state index in [0.29, 0.717) is 30.7 Å². The Morgan fingerprint density at radius 3 is 2.83 bits per heavy atom. The maximum atomic E-state index is 12.7. The Hall–Kier alpha value is -2.98. The number of hydrogen-bond donors (Lipinski definition) is 1. The lowest BCUT2D eigenvalue weighted by Crippen LogP contribution is -2.43. The summed E-state index contributed by atoms with van der Waals surface area (Å²) in [6, 6.07) is 12.6. The van der Waals surface area contributed by atoms with E-state index in [9.17, 15) is 18.0 Å². The normalized spacial score (nSPS) is 17.8. The number of aromatic nitrogens is 3. The molecule has 1 atom stereocenters. The fraction of sp³-hybridized carbons (Fsp3) is 0.350. The van der Waals surface area contributed by atoms with Crippen LogP contribution in [0.4, 0.5) is 5.69 Å². The molecule has 4 rings (SSSR count). The molecule has 0 unspecified atom stereocenters. The molecule has 0 spiro atoms. The van der Waals surface area contributed by atoms with Crippen molar-refractivity contribution in [3.63, 3.8) is 0 Å². The van der Waals surface area contributed by atoms with Gasteiger partial charge in [0.15, 0.2) is 5.65 Å². The maximum Gasteiger partial charge on any atom is 0.350 e. The summed E-state index contributed by atoms with van der Waals surface area (Å²) >= 11 is 0. The number of hydrogen-bond acceptors (Lipinski definition) is 5. The quantitative estimate of drug-likeness (QED) is 0.655. The first-order chi connectivity index (χ1) is 14.3. The first-order valence-corrected chi connectivity index (χ1v) is 11.6. The fourth-order valence-electron chi connectivity index (χ4n) is 3.69. The van der Waals surface area contributed by atoms with Crippen LogP contribution in [0, 0.1) is 5.92 Å². The lowest BCUT2D eigenvalue weighted by Gasteiger charge is -2.30. The highest BCUT2D eigenvalue weighted by molar-refractivity contribution is 7.88. The lowest BCUT2D eigenvalue weighted by molar-refractivity contribution is -0.120. The third kappa shape index (κ3) is 4.29. The van der Waals surface area contributed by atoms with Crippen molar-refractivity contribution >= 4 is 27.3 Å². The molecule has 9 nitrogen and oxygen atoms in total. The highest BCUT2D eigenvalue weighted by atomic mass is 32.2. The summed E-state index contributed by atoms with van der Waals surface area (Å²) in [5.74, 6) is -0.594. The zero-order valence-electron chi connectivity index (χ0n) is 16.6. The number of carbonyl (C=O) groups excluding carboxylic acids is 1. The molecule has 1 aliphatic rings. The van der Waals surface area contributed by atoms with E-state index in [4.69, 9.17) is 0 Å². The van der Waals surface area contributed by atoms with Gasteiger partial charge in [0.1, 0.15) is 0 Å². The summed E-state index contributed by atoms with van der Waals surface area (Å²) in [6.07, 6.45) is 4.13. The third-order valence-corrected chi connectivity index (χ3v) is 6.51. The van der Waals surface area contributed by atoms with E-state index in [2.05, 4.69) is 10.4 Å². The zero-order valence-corrected chi connectivity index (χ0v) is 17.4. The molecule has 1 amide bonds. The summed E-state index contributed by atoms with van der Waals surface area (Å²) in [7, 11) is -3.31. The van der Waals surface area contributed by atoms with Gasteiger partial charge in [-0.25, -0.2) is 22.2 Å². The Morgan fingerprint density at radius 1 is 1.23 bits per heavy atom. The minimum Gasteiger partial charge on any atom is -0.326 e. The Bertz CT molecular complexity index is 1250. The van der Waals surface area contributed by atoms with Crippen LogP contribution in [-0.2, 0) is 21.4 Å². The van der Waals surface area contributed by atoms with Crippen LogP contribution >= 0.6 is 0 Å². The number of fused-ring (bicyclic) bond motifs is 1. The number of rotatable bonds is 5. The molecule has 2 aromatic heterocycles. The van der Waals surface area contributed by atoms with Gasteiger partial charge in [-0.2, -0.15) is 0 Å². The van der Waals surface area contributed by atoms with E-state index >= 15 is 0 Å². The average Bonchev–Trinajstić information content (AvgIpc) is 3.03. The zero-order chi connectivity index (χ0) is 21.3. The van der Waals surface area contributed by atoms with Gasteiger partial charge in [0.2, 0.25) is 15.9 Å². The van der Waals surface area contributed by atoms with Crippen molar-refractivity contribution in [1.82, 2.24) is 18.5 Å². The topological polar surface area (TPSA) is 106 Å². The number of nitrogens with one attached hydrogen (secondary N) is 1. The van der Waals surface area contributed by atoms with Crippen LogP contribution in [0.2, 0.25) is 0 Å². The number of sulfonamides is 1. The van der Waals surface area contributed by atoms with Gasteiger partial charge in [-0.05, 0) is 42.7 Å². The molecule has 1 saturated heterocycles. The van der Waals surface area contributed by atoms with Crippen LogP contribution in [0.25, 0.3) is 5.65 Å². The van der Waals surface area contributed by atoms with Crippen LogP contribution in [0.3, 0.4) is 0 Å². The van der Waals surface area contributed by atoms with Crippen molar-refractivity contribution in [2.45, 2.75) is 19.4 Å². The monoisotopic (exact) mass is 429 g/mol. The Morgan fingerprint density at radius 2 is 2.07 bits per heavy atom. The number of piperidine rings is 1. The molecule has 0 bridgehead atoms. The predicted octanol–water partition coefficient (Wildman–Crippen LogP) is 1.15. The van der Waals surface area contributed by atoms with Crippen LogP contribution in [0.5, 0.6) is 0 Å². The van der Waals surface area contributed by atoms with Crippen molar-refractivity contribution in [2.75, 3.05) is 24.7 Å². The summed E-state index contributed by atoms with van der Waals surface area (Å²) in [4.78, 5) is 25.1. The highest BCUT2D eigenvalue weighted by Crippen LogP contribution is 2.21. The second kappa shape index (κ2) is 8.04. The number of benzene rings is 1. The molecule has 3 heterocycles. The third-order valence-electron chi connectivity index (χ3n) is 5.24. The molecule has 1 aromatic carbocycles. The minimum atomic E-state index is -3.31. The Kier molecular flexibility index (Phi) is 5.44. The molecular weight excluding hydrogens is 406 g/mol. The Labute approximate surface area is 174 Å². The van der Waals surface area contributed by atoms with Crippen LogP contribution in [0.1, 0.15) is 18.4 Å². The molecule has 1 aliphatic heterocycles. The van der Waals surface area contributed by atoms with E-state index in [0.717, 1.165) is 11.8 Å². The number of anilines is 1. The van der Waals surface area contributed by atoms with Crippen LogP contribution < -0.4 is 11.0 Å². The maximum absolute atomic E-state index is 12.7. The van der Waals surface area contributed by atoms with Gasteiger partial charge in [0.25, 0.3) is 0 Å². The molecule has 10 heteroatoms. The smallest absolute Gasteiger partial charge is 0.326 e. The van der Waals surface area contributed by atoms with Crippen molar-refractivity contribution in [2.24, 2.45) is 5.92 Å². The van der Waals surface area contributed by atoms with Gasteiger partial charge in [-0.1, -0.05) is 18.2 Å². The standard InChI is InChI=1S/C20H23N5O4S/c1-30(28,29)23-10-5-7-16(14-23)19(26)21-17-8-4-6-15(12-17)13-25-20(27)24-11-3-2-9-18(24)22-25/h2-4,6,8-9,11-12,16H,5,7,10,13-14H2,1H3,(H,21,26)/t16-/m1/s1. The van der Waals surface area contributed by atoms with Crippen molar-refractivity contribution in [1.29, 1.82) is 0 Å². The fourth-order valence-corrected chi connectivity index (χ4v) is 4.60. The first kappa shape index (κ1) is 20.3. The van der Waals surface area contributed by atoms with Crippen LogP contribution in [-0.4, -0.2) is 52.2 Å². The van der Waals surface area contributed by atoms with Gasteiger partial charge in [-0.3, -0.25) is 9.20 Å². The predicted molar refractivity (Wildman–Crippen MR) is 113 cm³/mol. The molecule has 0 aliphatic carbocycles.